The van der Waals surface area contributed by atoms with Crippen LogP contribution in [0.3, 0.4) is 0 Å². The van der Waals surface area contributed by atoms with Crippen LogP contribution in [0, 0.1) is 0 Å². The molecule has 1 atom stereocenters. The summed E-state index contributed by atoms with van der Waals surface area (Å²) in [6, 6.07) is 5.82. The molecule has 3 heterocycles. The Labute approximate surface area is 148 Å². The van der Waals surface area contributed by atoms with E-state index >= 15 is 0 Å². The van der Waals surface area contributed by atoms with Crippen molar-refractivity contribution in [2.24, 2.45) is 7.05 Å². The zero-order valence-electron chi connectivity index (χ0n) is 15.2. The minimum absolute atomic E-state index is 0.0385. The lowest BCUT2D eigenvalue weighted by molar-refractivity contribution is -0.00710. The van der Waals surface area contributed by atoms with Gasteiger partial charge >= 0.3 is 0 Å². The van der Waals surface area contributed by atoms with Crippen molar-refractivity contribution in [2.75, 3.05) is 13.1 Å². The van der Waals surface area contributed by atoms with E-state index in [1.54, 1.807) is 10.9 Å². The zero-order valence-corrected chi connectivity index (χ0v) is 15.2. The van der Waals surface area contributed by atoms with Crippen molar-refractivity contribution < 1.29 is 9.53 Å². The zero-order chi connectivity index (χ0) is 17.8. The molecule has 0 aromatic carbocycles. The first-order valence-corrected chi connectivity index (χ1v) is 8.88. The minimum atomic E-state index is 0.0385. The summed E-state index contributed by atoms with van der Waals surface area (Å²) in [7, 11) is 1.83. The van der Waals surface area contributed by atoms with Gasteiger partial charge in [-0.05, 0) is 36.5 Å². The highest BCUT2D eigenvalue weighted by molar-refractivity contribution is 5.92. The number of aryl methyl sites for hydroxylation is 1. The van der Waals surface area contributed by atoms with Gasteiger partial charge in [-0.2, -0.15) is 5.10 Å². The lowest BCUT2D eigenvalue weighted by Crippen LogP contribution is -2.43. The third kappa shape index (κ3) is 4.25. The first-order chi connectivity index (χ1) is 12.0. The Balaban J connectivity index is 1.61. The summed E-state index contributed by atoms with van der Waals surface area (Å²) < 4.78 is 7.69. The first kappa shape index (κ1) is 17.6. The molecule has 1 aliphatic heterocycles. The highest BCUT2D eigenvalue weighted by Crippen LogP contribution is 2.19. The van der Waals surface area contributed by atoms with Gasteiger partial charge in [0.15, 0.2) is 0 Å². The fraction of sp³-hybridized carbons (Fsp3) is 0.526. The van der Waals surface area contributed by atoms with Gasteiger partial charge in [0.05, 0.1) is 18.4 Å². The van der Waals surface area contributed by atoms with Crippen molar-refractivity contribution in [1.29, 1.82) is 0 Å². The number of hydrogen-bond acceptors (Lipinski definition) is 4. The van der Waals surface area contributed by atoms with Crippen LogP contribution in [0.2, 0.25) is 0 Å². The smallest absolute Gasteiger partial charge is 0.272 e. The number of nitrogens with zero attached hydrogens (tertiary/aromatic N) is 4. The Hall–Kier alpha value is -2.21. The fourth-order valence-electron chi connectivity index (χ4n) is 3.09. The minimum Gasteiger partial charge on any atom is -0.372 e. The third-order valence-corrected chi connectivity index (χ3v) is 4.58. The monoisotopic (exact) mass is 342 g/mol. The third-order valence-electron chi connectivity index (χ3n) is 4.58. The van der Waals surface area contributed by atoms with Crippen molar-refractivity contribution in [3.8, 4) is 0 Å². The average molecular weight is 342 g/mol. The van der Waals surface area contributed by atoms with E-state index in [9.17, 15) is 4.79 Å². The molecule has 1 amide bonds. The first-order valence-electron chi connectivity index (χ1n) is 8.88. The van der Waals surface area contributed by atoms with Crippen LogP contribution in [-0.4, -0.2) is 44.8 Å². The number of hydrogen-bond donors (Lipinski definition) is 0. The van der Waals surface area contributed by atoms with Crippen molar-refractivity contribution in [3.63, 3.8) is 0 Å². The van der Waals surface area contributed by atoms with Crippen LogP contribution in [-0.2, 0) is 18.4 Å². The van der Waals surface area contributed by atoms with E-state index in [1.807, 2.05) is 36.3 Å². The van der Waals surface area contributed by atoms with Crippen LogP contribution in [0.15, 0.2) is 30.6 Å². The molecule has 1 aliphatic rings. The van der Waals surface area contributed by atoms with Gasteiger partial charge in [0.2, 0.25) is 0 Å². The standard InChI is InChI=1S/C19H26N4O2/c1-14(2)17-10-18(22(3)21-17)19(24)23-9-5-7-16(12-23)25-13-15-6-4-8-20-11-15/h4,6,8,10-11,14,16H,5,7,9,12-13H2,1-3H3. The van der Waals surface area contributed by atoms with E-state index in [-0.39, 0.29) is 12.0 Å². The van der Waals surface area contributed by atoms with Gasteiger partial charge < -0.3 is 9.64 Å². The number of carbonyl (C=O) groups is 1. The molecule has 0 aliphatic carbocycles. The van der Waals surface area contributed by atoms with E-state index in [0.717, 1.165) is 30.6 Å². The topological polar surface area (TPSA) is 60.3 Å². The van der Waals surface area contributed by atoms with E-state index in [2.05, 4.69) is 23.9 Å². The Bertz CT molecular complexity index is 711. The van der Waals surface area contributed by atoms with Gasteiger partial charge in [0, 0.05) is 32.5 Å². The SMILES string of the molecule is CC(C)c1cc(C(=O)N2CCCC(OCc3cccnc3)C2)n(C)n1. The van der Waals surface area contributed by atoms with Gasteiger partial charge in [-0.3, -0.25) is 14.5 Å². The highest BCUT2D eigenvalue weighted by atomic mass is 16.5. The molecule has 1 fully saturated rings. The number of amides is 1. The molecule has 134 valence electrons. The van der Waals surface area contributed by atoms with E-state index in [1.165, 1.54) is 0 Å². The molecule has 6 nitrogen and oxygen atoms in total. The molecule has 0 N–H and O–H groups in total. The van der Waals surface area contributed by atoms with Crippen LogP contribution in [0.5, 0.6) is 0 Å². The van der Waals surface area contributed by atoms with Crippen LogP contribution in [0.25, 0.3) is 0 Å². The molecular formula is C19H26N4O2. The summed E-state index contributed by atoms with van der Waals surface area (Å²) in [5.41, 5.74) is 2.66. The maximum atomic E-state index is 12.9. The Morgan fingerprint density at radius 3 is 2.96 bits per heavy atom. The van der Waals surface area contributed by atoms with Crippen molar-refractivity contribution in [2.45, 2.75) is 45.3 Å². The number of likely N-dealkylation sites (tertiary alicyclic amines) is 1. The predicted octanol–water partition coefficient (Wildman–Crippen LogP) is 2.76. The average Bonchev–Trinajstić information content (AvgIpc) is 3.02. The second-order valence-corrected chi connectivity index (χ2v) is 6.92. The molecule has 2 aromatic rings. The second-order valence-electron chi connectivity index (χ2n) is 6.92. The molecule has 0 saturated carbocycles. The molecule has 0 bridgehead atoms. The molecular weight excluding hydrogens is 316 g/mol. The van der Waals surface area contributed by atoms with Gasteiger partial charge in [0.1, 0.15) is 5.69 Å². The fourth-order valence-corrected chi connectivity index (χ4v) is 3.09. The number of pyridine rings is 1. The summed E-state index contributed by atoms with van der Waals surface area (Å²) in [5.74, 6) is 0.348. The molecule has 1 saturated heterocycles. The quantitative estimate of drug-likeness (QED) is 0.838. The second kappa shape index (κ2) is 7.78. The summed E-state index contributed by atoms with van der Waals surface area (Å²) in [4.78, 5) is 18.9. The maximum Gasteiger partial charge on any atom is 0.272 e. The lowest BCUT2D eigenvalue weighted by atomic mass is 10.1. The summed E-state index contributed by atoms with van der Waals surface area (Å²) in [6.45, 7) is 6.10. The van der Waals surface area contributed by atoms with Gasteiger partial charge in [-0.25, -0.2) is 0 Å². The number of carbonyl (C=O) groups excluding carboxylic acids is 1. The van der Waals surface area contributed by atoms with Crippen LogP contribution < -0.4 is 0 Å². The lowest BCUT2D eigenvalue weighted by Gasteiger charge is -2.32. The van der Waals surface area contributed by atoms with Crippen LogP contribution in [0.1, 0.15) is 54.4 Å². The largest absolute Gasteiger partial charge is 0.372 e. The Morgan fingerprint density at radius 1 is 1.44 bits per heavy atom. The number of rotatable bonds is 5. The highest BCUT2D eigenvalue weighted by Gasteiger charge is 2.27. The van der Waals surface area contributed by atoms with Crippen LogP contribution >= 0.6 is 0 Å². The predicted molar refractivity (Wildman–Crippen MR) is 95.2 cm³/mol. The van der Waals surface area contributed by atoms with E-state index in [4.69, 9.17) is 4.74 Å². The van der Waals surface area contributed by atoms with Gasteiger partial charge in [0.25, 0.3) is 5.91 Å². The van der Waals surface area contributed by atoms with Crippen molar-refractivity contribution in [3.05, 3.63) is 47.5 Å². The molecule has 25 heavy (non-hydrogen) atoms. The van der Waals surface area contributed by atoms with E-state index < -0.39 is 0 Å². The summed E-state index contributed by atoms with van der Waals surface area (Å²) in [5, 5.41) is 4.45. The normalized spacial score (nSPS) is 17.9. The summed E-state index contributed by atoms with van der Waals surface area (Å²) >= 11 is 0. The maximum absolute atomic E-state index is 12.9. The molecule has 6 heteroatoms. The van der Waals surface area contributed by atoms with Crippen molar-refractivity contribution >= 4 is 5.91 Å². The number of aromatic nitrogens is 3. The van der Waals surface area contributed by atoms with Gasteiger partial charge in [-0.1, -0.05) is 19.9 Å². The Morgan fingerprint density at radius 2 is 2.28 bits per heavy atom. The van der Waals surface area contributed by atoms with E-state index in [0.29, 0.717) is 24.8 Å². The molecule has 0 radical (unpaired) electrons. The Kier molecular flexibility index (Phi) is 5.48. The molecule has 0 spiro atoms. The van der Waals surface area contributed by atoms with Crippen LogP contribution in [0.4, 0.5) is 0 Å². The molecule has 1 unspecified atom stereocenters. The molecule has 3 rings (SSSR count). The summed E-state index contributed by atoms with van der Waals surface area (Å²) in [6.07, 6.45) is 5.57. The molecule has 2 aromatic heterocycles. The number of ether oxygens (including phenoxy) is 1. The van der Waals surface area contributed by atoms with Gasteiger partial charge in [-0.15, -0.1) is 0 Å². The van der Waals surface area contributed by atoms with Crippen molar-refractivity contribution in [1.82, 2.24) is 19.7 Å². The number of piperidine rings is 1.